The predicted octanol–water partition coefficient (Wildman–Crippen LogP) is -0.869. The lowest BCUT2D eigenvalue weighted by molar-refractivity contribution is -0.384. The summed E-state index contributed by atoms with van der Waals surface area (Å²) in [5.74, 6) is 0.0531. The van der Waals surface area contributed by atoms with E-state index >= 15 is 0 Å². The molecule has 0 saturated carbocycles. The van der Waals surface area contributed by atoms with Gasteiger partial charge in [0.1, 0.15) is 0 Å². The number of H-pyrrole nitrogens is 1. The second-order valence-electron chi connectivity index (χ2n) is 6.09. The van der Waals surface area contributed by atoms with Crippen LogP contribution in [0.2, 0.25) is 0 Å². The van der Waals surface area contributed by atoms with Crippen molar-refractivity contribution in [1.29, 1.82) is 0 Å². The Labute approximate surface area is 161 Å². The summed E-state index contributed by atoms with van der Waals surface area (Å²) >= 11 is 0. The number of rotatable bonds is 7. The largest absolute Gasteiger partial charge is 0.394 e. The van der Waals surface area contributed by atoms with Crippen molar-refractivity contribution >= 4 is 29.0 Å². The maximum absolute atomic E-state index is 12.2. The van der Waals surface area contributed by atoms with Crippen LogP contribution in [0, 0.1) is 10.1 Å². The average Bonchev–Trinajstić information content (AvgIpc) is 3.05. The van der Waals surface area contributed by atoms with E-state index in [-0.39, 0.29) is 29.3 Å². The summed E-state index contributed by atoms with van der Waals surface area (Å²) < 4.78 is 2.42. The van der Waals surface area contributed by atoms with Crippen molar-refractivity contribution in [3.05, 3.63) is 60.8 Å². The van der Waals surface area contributed by atoms with E-state index in [4.69, 9.17) is 5.11 Å². The maximum atomic E-state index is 12.2. The fourth-order valence-corrected chi connectivity index (χ4v) is 2.61. The van der Waals surface area contributed by atoms with E-state index in [1.807, 2.05) is 0 Å². The molecule has 0 bridgehead atoms. The van der Waals surface area contributed by atoms with Crippen molar-refractivity contribution in [3.63, 3.8) is 0 Å². The number of aliphatic hydroxyl groups excluding tert-OH is 2. The molecule has 13 heteroatoms. The summed E-state index contributed by atoms with van der Waals surface area (Å²) in [6, 6.07) is 5.64. The molecule has 0 aliphatic heterocycles. The zero-order valence-corrected chi connectivity index (χ0v) is 15.1. The molecule has 13 nitrogen and oxygen atoms in total. The van der Waals surface area contributed by atoms with Gasteiger partial charge in [-0.1, -0.05) is 0 Å². The average molecular weight is 403 g/mol. The van der Waals surface area contributed by atoms with Crippen LogP contribution >= 0.6 is 0 Å². The van der Waals surface area contributed by atoms with Crippen LogP contribution in [-0.4, -0.2) is 53.2 Å². The van der Waals surface area contributed by atoms with Crippen LogP contribution < -0.4 is 16.7 Å². The quantitative estimate of drug-likeness (QED) is 0.223. The van der Waals surface area contributed by atoms with Gasteiger partial charge in [-0.3, -0.25) is 24.5 Å². The van der Waals surface area contributed by atoms with Crippen molar-refractivity contribution < 1.29 is 15.1 Å². The molecule has 1 aromatic carbocycles. The van der Waals surface area contributed by atoms with Crippen LogP contribution in [0.25, 0.3) is 11.2 Å². The van der Waals surface area contributed by atoms with Crippen molar-refractivity contribution in [1.82, 2.24) is 19.1 Å². The molecule has 0 aliphatic carbocycles. The number of fused-ring (bicyclic) bond motifs is 1. The van der Waals surface area contributed by atoms with E-state index in [0.29, 0.717) is 5.56 Å². The predicted molar refractivity (Wildman–Crippen MR) is 103 cm³/mol. The third kappa shape index (κ3) is 4.04. The fourth-order valence-electron chi connectivity index (χ4n) is 2.61. The minimum absolute atomic E-state index is 0.0210. The lowest BCUT2D eigenvalue weighted by atomic mass is 10.2. The summed E-state index contributed by atoms with van der Waals surface area (Å²) in [4.78, 5) is 40.5. The Morgan fingerprint density at radius 2 is 2.07 bits per heavy atom. The number of aromatic amines is 1. The van der Waals surface area contributed by atoms with Gasteiger partial charge in [0.15, 0.2) is 11.2 Å². The molecule has 0 spiro atoms. The number of imidazole rings is 1. The molecule has 29 heavy (non-hydrogen) atoms. The first-order valence-electron chi connectivity index (χ1n) is 8.33. The van der Waals surface area contributed by atoms with Crippen LogP contribution in [0.1, 0.15) is 5.56 Å². The van der Waals surface area contributed by atoms with Gasteiger partial charge < -0.3 is 14.8 Å². The highest BCUT2D eigenvalue weighted by molar-refractivity contribution is 5.81. The number of benzene rings is 1. The van der Waals surface area contributed by atoms with Crippen molar-refractivity contribution in [2.45, 2.75) is 12.6 Å². The normalized spacial score (nSPS) is 12.5. The molecule has 0 saturated heterocycles. The first kappa shape index (κ1) is 19.9. The number of nitro groups is 1. The third-order valence-corrected chi connectivity index (χ3v) is 4.09. The Balaban J connectivity index is 1.97. The summed E-state index contributed by atoms with van der Waals surface area (Å²) in [6.45, 7) is -0.724. The summed E-state index contributed by atoms with van der Waals surface area (Å²) in [5.41, 5.74) is 1.85. The number of aryl methyl sites for hydroxylation is 1. The van der Waals surface area contributed by atoms with Gasteiger partial charge in [-0.2, -0.15) is 10.1 Å². The SMILES string of the molecule is Cn1c(=O)[nH]c(=O)c2c1nc(N/N=C/c1ccc([N+](=O)[O-])cc1)n2CC(O)CO. The van der Waals surface area contributed by atoms with Gasteiger partial charge in [-0.25, -0.2) is 10.2 Å². The van der Waals surface area contributed by atoms with E-state index in [0.717, 1.165) is 4.57 Å². The van der Waals surface area contributed by atoms with E-state index in [1.54, 1.807) is 0 Å². The molecule has 3 aromatic rings. The molecule has 0 radical (unpaired) electrons. The van der Waals surface area contributed by atoms with Gasteiger partial charge in [-0.15, -0.1) is 0 Å². The fraction of sp³-hybridized carbons (Fsp3) is 0.250. The van der Waals surface area contributed by atoms with Gasteiger partial charge in [0.2, 0.25) is 5.95 Å². The van der Waals surface area contributed by atoms with Gasteiger partial charge in [0, 0.05) is 19.2 Å². The first-order valence-corrected chi connectivity index (χ1v) is 8.33. The second-order valence-corrected chi connectivity index (χ2v) is 6.09. The minimum Gasteiger partial charge on any atom is -0.394 e. The molecule has 4 N–H and O–H groups in total. The van der Waals surface area contributed by atoms with Gasteiger partial charge in [0.25, 0.3) is 11.2 Å². The zero-order chi connectivity index (χ0) is 21.1. The maximum Gasteiger partial charge on any atom is 0.329 e. The van der Waals surface area contributed by atoms with Gasteiger partial charge in [0.05, 0.1) is 30.4 Å². The standard InChI is InChI=1S/C16H17N7O6/c1-21-13-12(14(26)19-16(21)27)22(7-11(25)8-24)15(18-13)20-17-6-9-2-4-10(5-3-9)23(28)29/h2-6,11,24-25H,7-8H2,1H3,(H,18,20)(H,19,26,27)/b17-6+. The number of non-ortho nitro benzene ring substituents is 1. The lowest BCUT2D eigenvalue weighted by Crippen LogP contribution is -2.30. The molecule has 2 aromatic heterocycles. The molecule has 3 rings (SSSR count). The van der Waals surface area contributed by atoms with Crippen molar-refractivity contribution in [2.24, 2.45) is 12.1 Å². The number of anilines is 1. The Hall–Kier alpha value is -3.84. The summed E-state index contributed by atoms with van der Waals surface area (Å²) in [6.07, 6.45) is 0.197. The number of nitrogens with zero attached hydrogens (tertiary/aromatic N) is 5. The van der Waals surface area contributed by atoms with Crippen molar-refractivity contribution in [2.75, 3.05) is 12.0 Å². The highest BCUT2D eigenvalue weighted by Crippen LogP contribution is 2.16. The third-order valence-electron chi connectivity index (χ3n) is 4.09. The van der Waals surface area contributed by atoms with E-state index in [2.05, 4.69) is 20.5 Å². The molecule has 0 amide bonds. The van der Waals surface area contributed by atoms with Crippen LogP contribution in [0.3, 0.4) is 0 Å². The highest BCUT2D eigenvalue weighted by Gasteiger charge is 2.19. The Bertz CT molecular complexity index is 1190. The molecule has 0 aliphatic rings. The Kier molecular flexibility index (Phi) is 5.52. The molecule has 152 valence electrons. The first-order chi connectivity index (χ1) is 13.8. The Morgan fingerprint density at radius 1 is 1.38 bits per heavy atom. The highest BCUT2D eigenvalue weighted by atomic mass is 16.6. The number of aliphatic hydroxyl groups is 2. The monoisotopic (exact) mass is 403 g/mol. The second kappa shape index (κ2) is 8.04. The molecular formula is C16H17N7O6. The summed E-state index contributed by atoms with van der Waals surface area (Å²) in [7, 11) is 1.42. The van der Waals surface area contributed by atoms with Crippen LogP contribution in [-0.2, 0) is 13.6 Å². The van der Waals surface area contributed by atoms with Crippen LogP contribution in [0.15, 0.2) is 39.0 Å². The topological polar surface area (TPSA) is 181 Å². The van der Waals surface area contributed by atoms with E-state index < -0.39 is 28.9 Å². The molecule has 2 heterocycles. The minimum atomic E-state index is -1.18. The van der Waals surface area contributed by atoms with Crippen LogP contribution in [0.4, 0.5) is 11.6 Å². The number of nitro benzene ring substituents is 1. The molecular weight excluding hydrogens is 386 g/mol. The number of hydrogen-bond acceptors (Lipinski definition) is 9. The summed E-state index contributed by atoms with van der Waals surface area (Å²) in [5, 5.41) is 33.6. The molecule has 1 unspecified atom stereocenters. The number of hydrazone groups is 1. The van der Waals surface area contributed by atoms with E-state index in [1.165, 1.54) is 42.1 Å². The van der Waals surface area contributed by atoms with Crippen molar-refractivity contribution in [3.8, 4) is 0 Å². The van der Waals surface area contributed by atoms with Crippen LogP contribution in [0.5, 0.6) is 0 Å². The Morgan fingerprint density at radius 3 is 2.69 bits per heavy atom. The smallest absolute Gasteiger partial charge is 0.329 e. The lowest BCUT2D eigenvalue weighted by Gasteiger charge is -2.11. The number of nitrogens with one attached hydrogen (secondary N) is 2. The van der Waals surface area contributed by atoms with E-state index in [9.17, 15) is 24.8 Å². The number of aromatic nitrogens is 4. The number of hydrogen-bond donors (Lipinski definition) is 4. The van der Waals surface area contributed by atoms with Gasteiger partial charge in [-0.05, 0) is 17.7 Å². The molecule has 0 fully saturated rings. The molecule has 1 atom stereocenters. The van der Waals surface area contributed by atoms with Gasteiger partial charge >= 0.3 is 5.69 Å². The zero-order valence-electron chi connectivity index (χ0n) is 15.1.